The molecule has 61 heavy (non-hydrogen) atoms. The summed E-state index contributed by atoms with van der Waals surface area (Å²) < 4.78 is 51.5. The Morgan fingerprint density at radius 3 is 1.87 bits per heavy atom. The van der Waals surface area contributed by atoms with Crippen LogP contribution < -0.4 is 0 Å². The lowest BCUT2D eigenvalue weighted by Gasteiger charge is -2.60. The van der Waals surface area contributed by atoms with Crippen LogP contribution in [-0.2, 0) is 37.9 Å². The third-order valence-electron chi connectivity index (χ3n) is 17.7. The first-order chi connectivity index (χ1) is 28.8. The average Bonchev–Trinajstić information content (AvgIpc) is 3.67. The van der Waals surface area contributed by atoms with Crippen LogP contribution in [0.4, 0.5) is 0 Å². The number of allylic oxidation sites excluding steroid dienone is 1. The van der Waals surface area contributed by atoms with Crippen molar-refractivity contribution < 1.29 is 78.7 Å². The second-order valence-electron chi connectivity index (χ2n) is 21.1. The van der Waals surface area contributed by atoms with Crippen molar-refractivity contribution in [2.45, 2.75) is 216 Å². The molecule has 348 valence electrons. The Hall–Kier alpha value is -0.900. The largest absolute Gasteiger partial charge is 0.393 e. The SMILES string of the molecule is CC1CCC2(OC1)OC1CC3C4CC=C5CC(O)CC(OC6OC(C)C(O)C(OC7OC(C)C(O)C(O)C7O)C6OC6OC(C)C(O)C(O)C6O)C5(C)C4CCC3(C)C1C2C. The Balaban J connectivity index is 1.01. The maximum atomic E-state index is 11.7. The minimum atomic E-state index is -1.72. The third kappa shape index (κ3) is 7.24. The van der Waals surface area contributed by atoms with Gasteiger partial charge < -0.3 is 78.7 Å². The molecule has 8 fully saturated rings. The van der Waals surface area contributed by atoms with E-state index in [1.165, 1.54) is 13.8 Å². The Morgan fingerprint density at radius 2 is 1.25 bits per heavy atom. The Labute approximate surface area is 358 Å². The van der Waals surface area contributed by atoms with Crippen molar-refractivity contribution in [1.82, 2.24) is 0 Å². The molecule has 0 aromatic rings. The minimum Gasteiger partial charge on any atom is -0.393 e. The molecule has 5 aliphatic heterocycles. The van der Waals surface area contributed by atoms with Gasteiger partial charge in [-0.05, 0) is 94.3 Å². The Bertz CT molecular complexity index is 1610. The van der Waals surface area contributed by atoms with Crippen LogP contribution >= 0.6 is 0 Å². The Morgan fingerprint density at radius 1 is 0.639 bits per heavy atom. The highest BCUT2D eigenvalue weighted by Gasteiger charge is 2.70. The zero-order valence-electron chi connectivity index (χ0n) is 36.6. The van der Waals surface area contributed by atoms with Crippen molar-refractivity contribution in [2.24, 2.45) is 46.3 Å². The van der Waals surface area contributed by atoms with Crippen molar-refractivity contribution in [1.29, 1.82) is 0 Å². The summed E-state index contributed by atoms with van der Waals surface area (Å²) in [5.74, 6) is 1.66. The highest BCUT2D eigenvalue weighted by molar-refractivity contribution is 5.29. The maximum Gasteiger partial charge on any atom is 0.187 e. The fourth-order valence-electron chi connectivity index (χ4n) is 14.0. The van der Waals surface area contributed by atoms with Crippen molar-refractivity contribution in [3.63, 3.8) is 0 Å². The van der Waals surface area contributed by atoms with Gasteiger partial charge in [0.15, 0.2) is 24.7 Å². The molecule has 0 amide bonds. The normalized spacial score (nSPS) is 59.6. The maximum absolute atomic E-state index is 11.7. The van der Waals surface area contributed by atoms with Gasteiger partial charge in [-0.15, -0.1) is 0 Å². The lowest BCUT2D eigenvalue weighted by Crippen LogP contribution is -2.67. The third-order valence-corrected chi connectivity index (χ3v) is 17.7. The van der Waals surface area contributed by atoms with E-state index in [0.29, 0.717) is 30.1 Å². The molecule has 16 nitrogen and oxygen atoms in total. The highest BCUT2D eigenvalue weighted by Crippen LogP contribution is 2.71. The summed E-state index contributed by atoms with van der Waals surface area (Å²) in [6.45, 7) is 14.7. The van der Waals surface area contributed by atoms with Crippen molar-refractivity contribution in [3.8, 4) is 0 Å². The van der Waals surface area contributed by atoms with Crippen LogP contribution in [0.2, 0.25) is 0 Å². The molecule has 4 aliphatic carbocycles. The minimum absolute atomic E-state index is 0.0674. The van der Waals surface area contributed by atoms with Crippen LogP contribution in [0.3, 0.4) is 0 Å². The molecule has 27 atom stereocenters. The first-order valence-electron chi connectivity index (χ1n) is 23.2. The van der Waals surface area contributed by atoms with E-state index in [0.717, 1.165) is 50.7 Å². The fourth-order valence-corrected chi connectivity index (χ4v) is 14.0. The number of ether oxygens (including phenoxy) is 8. The van der Waals surface area contributed by atoms with Gasteiger partial charge in [0.05, 0.1) is 43.2 Å². The molecule has 5 heterocycles. The molecule has 0 bridgehead atoms. The molecule has 16 heteroatoms. The molecule has 0 aromatic heterocycles. The van der Waals surface area contributed by atoms with Gasteiger partial charge in [0.2, 0.25) is 0 Å². The monoisotopic (exact) mass is 868 g/mol. The van der Waals surface area contributed by atoms with Crippen LogP contribution in [0, 0.1) is 46.3 Å². The number of aliphatic hydroxyl groups excluding tert-OH is 8. The van der Waals surface area contributed by atoms with Crippen molar-refractivity contribution in [2.75, 3.05) is 6.61 Å². The molecule has 8 N–H and O–H groups in total. The predicted octanol–water partition coefficient (Wildman–Crippen LogP) is 1.24. The van der Waals surface area contributed by atoms with Crippen LogP contribution in [0.25, 0.3) is 0 Å². The van der Waals surface area contributed by atoms with Gasteiger partial charge in [0, 0.05) is 24.2 Å². The van der Waals surface area contributed by atoms with Gasteiger partial charge in [-0.1, -0.05) is 39.3 Å². The van der Waals surface area contributed by atoms with Crippen LogP contribution in [0.1, 0.15) is 99.8 Å². The van der Waals surface area contributed by atoms with Crippen LogP contribution in [0.5, 0.6) is 0 Å². The van der Waals surface area contributed by atoms with Gasteiger partial charge >= 0.3 is 0 Å². The van der Waals surface area contributed by atoms with Crippen LogP contribution in [-0.4, -0.2) is 164 Å². The molecule has 0 aromatic carbocycles. The standard InChI is InChI=1S/C45H72O16/c1-18-10-13-45(54-17-18)19(2)30-28(61-45)16-27-25-9-8-23-14-24(46)15-29(44(23,7)26(25)11-12-43(27,30)6)58-42-39(60-41-37(53)35(51)32(48)21(4)56-41)38(33(49)22(5)57-42)59-40-36(52)34(50)31(47)20(3)55-40/h8,18-22,24-42,46-53H,9-17H2,1-7H3. The first-order valence-corrected chi connectivity index (χ1v) is 23.2. The smallest absolute Gasteiger partial charge is 0.187 e. The van der Waals surface area contributed by atoms with Crippen molar-refractivity contribution >= 4 is 0 Å². The second-order valence-corrected chi connectivity index (χ2v) is 21.1. The van der Waals surface area contributed by atoms with E-state index in [-0.39, 0.29) is 29.8 Å². The topological polar surface area (TPSA) is 236 Å². The summed E-state index contributed by atoms with van der Waals surface area (Å²) >= 11 is 0. The molecule has 3 saturated carbocycles. The van der Waals surface area contributed by atoms with Crippen LogP contribution in [0.15, 0.2) is 11.6 Å². The average molecular weight is 869 g/mol. The van der Waals surface area contributed by atoms with Gasteiger partial charge in [-0.25, -0.2) is 0 Å². The lowest BCUT2D eigenvalue weighted by atomic mass is 9.46. The molecule has 9 aliphatic rings. The molecule has 9 rings (SSSR count). The number of hydrogen-bond donors (Lipinski definition) is 8. The summed E-state index contributed by atoms with van der Waals surface area (Å²) in [6, 6.07) is 0. The van der Waals surface area contributed by atoms with E-state index in [4.69, 9.17) is 37.9 Å². The number of fused-ring (bicyclic) bond motifs is 7. The van der Waals surface area contributed by atoms with Gasteiger partial charge in [-0.2, -0.15) is 0 Å². The lowest BCUT2D eigenvalue weighted by molar-refractivity contribution is -0.394. The summed E-state index contributed by atoms with van der Waals surface area (Å²) in [6.07, 6.45) is -13.1. The number of aliphatic hydroxyl groups is 8. The van der Waals surface area contributed by atoms with Crippen molar-refractivity contribution in [3.05, 3.63) is 11.6 Å². The summed E-state index contributed by atoms with van der Waals surface area (Å²) in [4.78, 5) is 0. The molecule has 27 unspecified atom stereocenters. The zero-order chi connectivity index (χ0) is 43.7. The van der Waals surface area contributed by atoms with Gasteiger partial charge in [0.25, 0.3) is 0 Å². The van der Waals surface area contributed by atoms with E-state index >= 15 is 0 Å². The number of rotatable bonds is 6. The van der Waals surface area contributed by atoms with Gasteiger partial charge in [0.1, 0.15) is 54.9 Å². The summed E-state index contributed by atoms with van der Waals surface area (Å²) in [7, 11) is 0. The van der Waals surface area contributed by atoms with E-state index in [9.17, 15) is 40.9 Å². The first kappa shape index (κ1) is 45.3. The zero-order valence-corrected chi connectivity index (χ0v) is 36.6. The fraction of sp³-hybridized carbons (Fsp3) is 0.956. The second kappa shape index (κ2) is 16.5. The number of hydrogen-bond acceptors (Lipinski definition) is 16. The molecule has 1 spiro atoms. The highest BCUT2D eigenvalue weighted by atomic mass is 16.8. The Kier molecular flexibility index (Phi) is 12.2. The van der Waals surface area contributed by atoms with E-state index in [2.05, 4.69) is 33.8 Å². The molecular formula is C45H72O16. The molecule has 5 saturated heterocycles. The van der Waals surface area contributed by atoms with E-state index < -0.39 is 116 Å². The summed E-state index contributed by atoms with van der Waals surface area (Å²) in [5.41, 5.74) is 0.673. The molecular weight excluding hydrogens is 796 g/mol. The van der Waals surface area contributed by atoms with Gasteiger partial charge in [-0.3, -0.25) is 0 Å². The van der Waals surface area contributed by atoms with E-state index in [1.807, 2.05) is 0 Å². The predicted molar refractivity (Wildman–Crippen MR) is 213 cm³/mol. The quantitative estimate of drug-likeness (QED) is 0.176. The summed E-state index contributed by atoms with van der Waals surface area (Å²) in [5, 5.41) is 87.6. The molecule has 0 radical (unpaired) electrons. The van der Waals surface area contributed by atoms with E-state index in [1.54, 1.807) is 6.92 Å².